The molecule has 0 saturated carbocycles. The lowest BCUT2D eigenvalue weighted by Gasteiger charge is -2.17. The Morgan fingerprint density at radius 3 is 2.11 bits per heavy atom. The molecule has 0 aliphatic carbocycles. The van der Waals surface area contributed by atoms with Gasteiger partial charge in [0.25, 0.3) is 0 Å². The van der Waals surface area contributed by atoms with E-state index in [-0.39, 0.29) is 0 Å². The summed E-state index contributed by atoms with van der Waals surface area (Å²) in [6.07, 6.45) is 3.05. The van der Waals surface area contributed by atoms with E-state index in [0.717, 1.165) is 5.52 Å². The Bertz CT molecular complexity index is 380. The summed E-state index contributed by atoms with van der Waals surface area (Å²) in [7, 11) is 2.24. The fourth-order valence-electron chi connectivity index (χ4n) is 1.22. The summed E-state index contributed by atoms with van der Waals surface area (Å²) in [5.74, 6) is 0. The van der Waals surface area contributed by atoms with Gasteiger partial charge in [0.1, 0.15) is 7.28 Å². The molecule has 0 spiro atoms. The lowest BCUT2D eigenvalue weighted by molar-refractivity contribution is 0.645. The highest BCUT2D eigenvalue weighted by Crippen LogP contribution is 2.25. The van der Waals surface area contributed by atoms with Crippen molar-refractivity contribution in [3.63, 3.8) is 0 Å². The average Bonchev–Trinajstić information content (AvgIpc) is 2.50. The van der Waals surface area contributed by atoms with Gasteiger partial charge in [-0.05, 0) is 12.1 Å². The van der Waals surface area contributed by atoms with Crippen LogP contribution in [-0.4, -0.2) is 12.3 Å². The van der Waals surface area contributed by atoms with E-state index in [1.54, 1.807) is 0 Å². The van der Waals surface area contributed by atoms with Gasteiger partial charge in [-0.2, -0.15) is 0 Å². The Kier molecular flexibility index (Phi) is 8.94. The number of hydrogen-bond donors (Lipinski definition) is 0. The normalized spacial score (nSPS) is 9.79. The molecule has 0 N–H and O–H groups in total. The van der Waals surface area contributed by atoms with Gasteiger partial charge < -0.3 is 0 Å². The molecule has 0 unspecified atom stereocenters. The van der Waals surface area contributed by atoms with Gasteiger partial charge in [0, 0.05) is 11.6 Å². The Morgan fingerprint density at radius 2 is 1.63 bits per heavy atom. The van der Waals surface area contributed by atoms with Crippen LogP contribution >= 0.6 is 0 Å². The molecule has 1 radical (unpaired) electrons. The minimum atomic E-state index is 0.458. The number of pyridine rings is 1. The molecule has 1 heterocycles. The molecule has 1 aromatic carbocycles. The molecule has 0 aliphatic heterocycles. The van der Waals surface area contributed by atoms with Crippen molar-refractivity contribution in [1.29, 1.82) is 0 Å². The maximum absolute atomic E-state index is 4.18. The average molecular weight is 256 g/mol. The first-order chi connectivity index (χ1) is 9.09. The van der Waals surface area contributed by atoms with Crippen molar-refractivity contribution >= 4 is 18.2 Å². The molecule has 0 fully saturated rings. The molecule has 103 valence electrons. The summed E-state index contributed by atoms with van der Waals surface area (Å²) in [6.45, 7) is 12.8. The van der Waals surface area contributed by atoms with Crippen molar-refractivity contribution in [2.75, 3.05) is 0 Å². The first-order valence-electron chi connectivity index (χ1n) is 7.19. The zero-order valence-corrected chi connectivity index (χ0v) is 13.3. The predicted molar refractivity (Wildman–Crippen MR) is 89.0 cm³/mol. The molecule has 2 rings (SSSR count). The van der Waals surface area contributed by atoms with Crippen LogP contribution in [0.25, 0.3) is 10.9 Å². The molecular weight excluding hydrogens is 229 g/mol. The molecule has 0 bridgehead atoms. The Morgan fingerprint density at radius 1 is 1.05 bits per heavy atom. The van der Waals surface area contributed by atoms with Crippen molar-refractivity contribution in [2.45, 2.75) is 53.2 Å². The summed E-state index contributed by atoms with van der Waals surface area (Å²) in [5, 5.41) is 1.66. The number of aromatic nitrogens is 1. The van der Waals surface area contributed by atoms with Gasteiger partial charge in [-0.25, -0.2) is 0 Å². The van der Waals surface area contributed by atoms with Crippen molar-refractivity contribution in [1.82, 2.24) is 4.98 Å². The second kappa shape index (κ2) is 9.60. The van der Waals surface area contributed by atoms with Crippen LogP contribution in [0.5, 0.6) is 0 Å². The summed E-state index contributed by atoms with van der Waals surface area (Å²) in [5.41, 5.74) is 1.06. The molecule has 1 nitrogen and oxygen atoms in total. The Labute approximate surface area is 119 Å². The van der Waals surface area contributed by atoms with Crippen LogP contribution in [0.3, 0.4) is 0 Å². The molecule has 2 aromatic rings. The standard InChI is InChI=1S/C9H7N.C6H14B.C2H6/c1-2-6-9-8(4-1)5-3-7-10-9;1-5-6(2,3)7-4;1-2/h1-7H;5H2,1-4H3;1-2H3. The summed E-state index contributed by atoms with van der Waals surface area (Å²) in [6, 6.07) is 12.1. The van der Waals surface area contributed by atoms with Crippen molar-refractivity contribution in [3.05, 3.63) is 42.6 Å². The Balaban J connectivity index is 0.000000321. The van der Waals surface area contributed by atoms with Crippen LogP contribution in [0.4, 0.5) is 0 Å². The summed E-state index contributed by atoms with van der Waals surface area (Å²) in [4.78, 5) is 4.18. The smallest absolute Gasteiger partial charge is 0.113 e. The molecule has 2 heteroatoms. The number of benzene rings is 1. The summed E-state index contributed by atoms with van der Waals surface area (Å²) >= 11 is 0. The number of hydrogen-bond acceptors (Lipinski definition) is 1. The maximum atomic E-state index is 4.18. The molecular formula is C17H27BN. The minimum absolute atomic E-state index is 0.458. The third kappa shape index (κ3) is 7.00. The molecule has 0 aliphatic rings. The number of nitrogens with zero attached hydrogens (tertiary/aromatic N) is 1. The van der Waals surface area contributed by atoms with Gasteiger partial charge in [0.05, 0.1) is 5.52 Å². The van der Waals surface area contributed by atoms with Gasteiger partial charge in [0.15, 0.2) is 0 Å². The van der Waals surface area contributed by atoms with Crippen molar-refractivity contribution < 1.29 is 0 Å². The first-order valence-corrected chi connectivity index (χ1v) is 7.19. The lowest BCUT2D eigenvalue weighted by Crippen LogP contribution is -2.06. The van der Waals surface area contributed by atoms with Crippen LogP contribution in [0.1, 0.15) is 41.0 Å². The van der Waals surface area contributed by atoms with Crippen LogP contribution in [0.15, 0.2) is 42.6 Å². The summed E-state index contributed by atoms with van der Waals surface area (Å²) < 4.78 is 0. The van der Waals surface area contributed by atoms with Gasteiger partial charge >= 0.3 is 0 Å². The van der Waals surface area contributed by atoms with Gasteiger partial charge in [-0.1, -0.05) is 77.4 Å². The van der Waals surface area contributed by atoms with Gasteiger partial charge in [-0.3, -0.25) is 4.98 Å². The monoisotopic (exact) mass is 256 g/mol. The second-order valence-electron chi connectivity index (χ2n) is 4.83. The third-order valence-electron chi connectivity index (χ3n) is 3.20. The molecule has 19 heavy (non-hydrogen) atoms. The maximum Gasteiger partial charge on any atom is 0.113 e. The van der Waals surface area contributed by atoms with E-state index < -0.39 is 0 Å². The third-order valence-corrected chi connectivity index (χ3v) is 3.20. The van der Waals surface area contributed by atoms with E-state index in [1.165, 1.54) is 11.8 Å². The van der Waals surface area contributed by atoms with E-state index in [9.17, 15) is 0 Å². The van der Waals surface area contributed by atoms with Gasteiger partial charge in [-0.15, -0.1) is 0 Å². The zero-order chi connectivity index (χ0) is 14.7. The topological polar surface area (TPSA) is 12.9 Å². The quantitative estimate of drug-likeness (QED) is 0.636. The second-order valence-corrected chi connectivity index (χ2v) is 4.83. The minimum Gasteiger partial charge on any atom is -0.256 e. The van der Waals surface area contributed by atoms with E-state index in [4.69, 9.17) is 0 Å². The van der Waals surface area contributed by atoms with Crippen LogP contribution in [0.2, 0.25) is 12.1 Å². The number of fused-ring (bicyclic) bond motifs is 1. The number of para-hydroxylation sites is 1. The Hall–Kier alpha value is -1.31. The van der Waals surface area contributed by atoms with Gasteiger partial charge in [0.2, 0.25) is 0 Å². The van der Waals surface area contributed by atoms with E-state index >= 15 is 0 Å². The van der Waals surface area contributed by atoms with E-state index in [1.807, 2.05) is 44.3 Å². The SMILES string of the molecule is CC.C[B]C(C)(C)CC.c1ccc2ncccc2c1. The highest BCUT2D eigenvalue weighted by atomic mass is 14.6. The van der Waals surface area contributed by atoms with Crippen molar-refractivity contribution in [3.8, 4) is 0 Å². The fourth-order valence-corrected chi connectivity index (χ4v) is 1.22. The van der Waals surface area contributed by atoms with Crippen LogP contribution < -0.4 is 0 Å². The van der Waals surface area contributed by atoms with Crippen LogP contribution in [-0.2, 0) is 0 Å². The highest BCUT2D eigenvalue weighted by molar-refractivity contribution is 6.37. The first kappa shape index (κ1) is 17.7. The fraction of sp³-hybridized carbons (Fsp3) is 0.471. The highest BCUT2D eigenvalue weighted by Gasteiger charge is 2.10. The predicted octanol–water partition coefficient (Wildman–Crippen LogP) is 5.61. The largest absolute Gasteiger partial charge is 0.256 e. The molecule has 0 atom stereocenters. The lowest BCUT2D eigenvalue weighted by atomic mass is 9.55. The van der Waals surface area contributed by atoms with Crippen LogP contribution in [0, 0.1) is 0 Å². The van der Waals surface area contributed by atoms with E-state index in [0.29, 0.717) is 5.31 Å². The molecule has 1 aromatic heterocycles. The molecule has 0 saturated heterocycles. The zero-order valence-electron chi connectivity index (χ0n) is 13.3. The van der Waals surface area contributed by atoms with E-state index in [2.05, 4.69) is 52.0 Å². The van der Waals surface area contributed by atoms with Crippen molar-refractivity contribution in [2.24, 2.45) is 0 Å². The number of rotatable bonds is 2. The molecule has 0 amide bonds.